The van der Waals surface area contributed by atoms with Crippen molar-refractivity contribution in [1.29, 1.82) is 0 Å². The second-order valence-electron chi connectivity index (χ2n) is 9.75. The second kappa shape index (κ2) is 12.9. The molecule has 2 fully saturated rings. The van der Waals surface area contributed by atoms with Crippen molar-refractivity contribution in [2.24, 2.45) is 11.8 Å². The van der Waals surface area contributed by atoms with Crippen LogP contribution in [0.2, 0.25) is 0 Å². The molecule has 0 spiro atoms. The van der Waals surface area contributed by atoms with E-state index < -0.39 is 41.2 Å². The molecule has 3 aromatic carbocycles. The number of fused-ring (bicyclic) bond motifs is 1. The molecule has 2 heterocycles. The molecule has 4 nitrogen and oxygen atoms in total. The Balaban J connectivity index is 0.000000270. The number of aldehydes is 1. The van der Waals surface area contributed by atoms with Crippen LogP contribution in [-0.2, 0) is 14.2 Å². The molecule has 0 radical (unpaired) electrons. The molecule has 5 rings (SSSR count). The molecule has 2 unspecified atom stereocenters. The van der Waals surface area contributed by atoms with Crippen molar-refractivity contribution in [3.63, 3.8) is 0 Å². The first-order valence-corrected chi connectivity index (χ1v) is 12.7. The Bertz CT molecular complexity index is 1280. The fraction of sp³-hybridized carbons (Fsp3) is 0.414. The Hall–Kier alpha value is -2.95. The van der Waals surface area contributed by atoms with Crippen molar-refractivity contribution in [2.45, 2.75) is 45.0 Å². The first-order valence-electron chi connectivity index (χ1n) is 12.7. The van der Waals surface area contributed by atoms with E-state index in [1.807, 2.05) is 0 Å². The van der Waals surface area contributed by atoms with Gasteiger partial charge in [0.05, 0.1) is 19.3 Å². The molecule has 2 atom stereocenters. The van der Waals surface area contributed by atoms with Gasteiger partial charge in [0.15, 0.2) is 41.2 Å². The summed E-state index contributed by atoms with van der Waals surface area (Å²) in [6.45, 7) is 4.02. The van der Waals surface area contributed by atoms with Crippen LogP contribution in [0.3, 0.4) is 0 Å². The minimum absolute atomic E-state index is 0.0357. The van der Waals surface area contributed by atoms with E-state index in [1.54, 1.807) is 12.1 Å². The fourth-order valence-electron chi connectivity index (χ4n) is 4.87. The molecule has 0 bridgehead atoms. The first kappa shape index (κ1) is 29.0. The Morgan fingerprint density at radius 3 is 2.05 bits per heavy atom. The summed E-state index contributed by atoms with van der Waals surface area (Å²) in [5.41, 5.74) is 0.435. The largest absolute Gasteiger partial charge is 0.377 e. The molecule has 3 aromatic rings. The summed E-state index contributed by atoms with van der Waals surface area (Å²) in [5, 5.41) is 0.314. The average molecular weight is 555 g/mol. The van der Waals surface area contributed by atoms with Crippen LogP contribution in [0.4, 0.5) is 26.3 Å². The maximum atomic E-state index is 13.9. The molecule has 2 saturated heterocycles. The predicted molar refractivity (Wildman–Crippen MR) is 131 cm³/mol. The molecule has 0 aromatic heterocycles. The summed E-state index contributed by atoms with van der Waals surface area (Å²) < 4.78 is 95.3. The summed E-state index contributed by atoms with van der Waals surface area (Å²) in [6.07, 6.45) is 4.38. The lowest BCUT2D eigenvalue weighted by Crippen LogP contribution is -2.40. The lowest BCUT2D eigenvalue weighted by Gasteiger charge is -2.37. The summed E-state index contributed by atoms with van der Waals surface area (Å²) >= 11 is 0. The third-order valence-corrected chi connectivity index (χ3v) is 6.96. The number of benzene rings is 3. The summed E-state index contributed by atoms with van der Waals surface area (Å²) in [6, 6.07) is 6.89. The van der Waals surface area contributed by atoms with E-state index in [0.717, 1.165) is 19.1 Å². The van der Waals surface area contributed by atoms with E-state index in [1.165, 1.54) is 25.3 Å². The molecular weight excluding hydrogens is 526 g/mol. The zero-order chi connectivity index (χ0) is 28.1. The van der Waals surface area contributed by atoms with Crippen LogP contribution in [-0.4, -0.2) is 32.2 Å². The minimum atomic E-state index is -1.56. The van der Waals surface area contributed by atoms with Crippen LogP contribution in [0.15, 0.2) is 36.4 Å². The van der Waals surface area contributed by atoms with Gasteiger partial charge in [-0.15, -0.1) is 0 Å². The zero-order valence-corrected chi connectivity index (χ0v) is 21.2. The van der Waals surface area contributed by atoms with Gasteiger partial charge in [0.2, 0.25) is 0 Å². The molecule has 2 aliphatic heterocycles. The van der Waals surface area contributed by atoms with Crippen molar-refractivity contribution in [3.05, 3.63) is 82.4 Å². The molecule has 0 N–H and O–H groups in total. The molecule has 0 amide bonds. The summed E-state index contributed by atoms with van der Waals surface area (Å²) in [7, 11) is 0. The van der Waals surface area contributed by atoms with E-state index in [2.05, 4.69) is 6.92 Å². The number of hydrogen-bond acceptors (Lipinski definition) is 4. The molecule has 10 heteroatoms. The zero-order valence-electron chi connectivity index (χ0n) is 21.2. The number of ether oxygens (including phenoxy) is 3. The van der Waals surface area contributed by atoms with Crippen LogP contribution in [0, 0.1) is 46.7 Å². The SMILES string of the molecule is CCCC1CCC(C2COC(c3ccc4c(F)c(F)c(F)cc4c3)OC2)OC1.O=Cc1cc(F)c(F)c(F)c1. The predicted octanol–water partition coefficient (Wildman–Crippen LogP) is 7.43. The van der Waals surface area contributed by atoms with Gasteiger partial charge in [-0.25, -0.2) is 26.3 Å². The highest BCUT2D eigenvalue weighted by Gasteiger charge is 2.33. The number of carbonyl (C=O) groups is 1. The van der Waals surface area contributed by atoms with Crippen LogP contribution < -0.4 is 0 Å². The van der Waals surface area contributed by atoms with Gasteiger partial charge < -0.3 is 14.2 Å². The van der Waals surface area contributed by atoms with E-state index in [4.69, 9.17) is 14.2 Å². The fourth-order valence-corrected chi connectivity index (χ4v) is 4.87. The van der Waals surface area contributed by atoms with E-state index in [-0.39, 0.29) is 34.6 Å². The Morgan fingerprint density at radius 2 is 1.46 bits per heavy atom. The standard InChI is InChI=1S/C22H25F3O3.C7H3F3O/c1-2-3-13-4-7-19(26-10-13)16-11-27-22(28-12-16)14-5-6-17-15(8-14)9-18(23)21(25)20(17)24;8-5-1-4(3-11)2-6(9)7(5)10/h5-6,8-9,13,16,19,22H,2-4,7,10-12H2,1H3;1-3H. The highest BCUT2D eigenvalue weighted by Crippen LogP contribution is 2.34. The Kier molecular flexibility index (Phi) is 9.63. The van der Waals surface area contributed by atoms with Crippen molar-refractivity contribution < 1.29 is 45.3 Å². The molecule has 210 valence electrons. The van der Waals surface area contributed by atoms with E-state index in [9.17, 15) is 31.1 Å². The molecular formula is C29H28F6O4. The van der Waals surface area contributed by atoms with E-state index in [0.29, 0.717) is 36.8 Å². The van der Waals surface area contributed by atoms with Crippen LogP contribution in [0.1, 0.15) is 54.8 Å². The van der Waals surface area contributed by atoms with Crippen molar-refractivity contribution in [1.82, 2.24) is 0 Å². The third-order valence-electron chi connectivity index (χ3n) is 6.96. The van der Waals surface area contributed by atoms with E-state index >= 15 is 0 Å². The highest BCUT2D eigenvalue weighted by molar-refractivity contribution is 5.84. The van der Waals surface area contributed by atoms with Gasteiger partial charge in [-0.05, 0) is 54.8 Å². The third kappa shape index (κ3) is 6.80. The molecule has 2 aliphatic rings. The summed E-state index contributed by atoms with van der Waals surface area (Å²) in [4.78, 5) is 9.97. The quantitative estimate of drug-likeness (QED) is 0.187. The number of carbonyl (C=O) groups excluding carboxylic acids is 1. The Labute approximate surface area is 221 Å². The highest BCUT2D eigenvalue weighted by atomic mass is 19.2. The van der Waals surface area contributed by atoms with Crippen molar-refractivity contribution in [3.8, 4) is 0 Å². The average Bonchev–Trinajstić information content (AvgIpc) is 2.95. The monoisotopic (exact) mass is 554 g/mol. The maximum Gasteiger partial charge on any atom is 0.195 e. The molecule has 0 saturated carbocycles. The van der Waals surface area contributed by atoms with Crippen LogP contribution in [0.5, 0.6) is 0 Å². The first-order chi connectivity index (χ1) is 18.7. The van der Waals surface area contributed by atoms with Gasteiger partial charge in [-0.2, -0.15) is 0 Å². The van der Waals surface area contributed by atoms with Gasteiger partial charge in [0.1, 0.15) is 6.29 Å². The lowest BCUT2D eigenvalue weighted by molar-refractivity contribution is -0.227. The normalized spacial score (nSPS) is 23.3. The molecule has 39 heavy (non-hydrogen) atoms. The van der Waals surface area contributed by atoms with Crippen LogP contribution >= 0.6 is 0 Å². The minimum Gasteiger partial charge on any atom is -0.377 e. The van der Waals surface area contributed by atoms with Gasteiger partial charge in [-0.1, -0.05) is 25.5 Å². The molecule has 0 aliphatic carbocycles. The van der Waals surface area contributed by atoms with Crippen molar-refractivity contribution >= 4 is 17.1 Å². The maximum absolute atomic E-state index is 13.9. The van der Waals surface area contributed by atoms with Gasteiger partial charge >= 0.3 is 0 Å². The van der Waals surface area contributed by atoms with Gasteiger partial charge in [0.25, 0.3) is 0 Å². The lowest BCUT2D eigenvalue weighted by atomic mass is 9.89. The van der Waals surface area contributed by atoms with Crippen LogP contribution in [0.25, 0.3) is 10.8 Å². The summed E-state index contributed by atoms with van der Waals surface area (Å²) in [5.74, 6) is -7.27. The number of hydrogen-bond donors (Lipinski definition) is 0. The smallest absolute Gasteiger partial charge is 0.195 e. The Morgan fingerprint density at radius 1 is 0.795 bits per heavy atom. The van der Waals surface area contributed by atoms with Crippen molar-refractivity contribution in [2.75, 3.05) is 19.8 Å². The second-order valence-corrected chi connectivity index (χ2v) is 9.75. The number of rotatable bonds is 5. The topological polar surface area (TPSA) is 44.8 Å². The van der Waals surface area contributed by atoms with Gasteiger partial charge in [0, 0.05) is 29.0 Å². The van der Waals surface area contributed by atoms with Gasteiger partial charge in [-0.3, -0.25) is 4.79 Å². The number of halogens is 6.